The molecule has 0 amide bonds. The molecule has 1 nitrogen and oxygen atoms in total. The van der Waals surface area contributed by atoms with Gasteiger partial charge in [-0.2, -0.15) is 0 Å². The van der Waals surface area contributed by atoms with Crippen molar-refractivity contribution >= 4 is 0 Å². The molecule has 0 aromatic heterocycles. The van der Waals surface area contributed by atoms with E-state index in [2.05, 4.69) is 45.0 Å². The van der Waals surface area contributed by atoms with Crippen molar-refractivity contribution in [3.05, 3.63) is 35.9 Å². The van der Waals surface area contributed by atoms with Crippen molar-refractivity contribution < 1.29 is 4.74 Å². The molecule has 0 radical (unpaired) electrons. The van der Waals surface area contributed by atoms with Crippen LogP contribution in [-0.2, 0) is 11.3 Å². The van der Waals surface area contributed by atoms with Crippen molar-refractivity contribution in [3.63, 3.8) is 0 Å². The number of unbranched alkanes of at least 4 members (excludes halogenated alkanes) is 1. The van der Waals surface area contributed by atoms with Gasteiger partial charge >= 0.3 is 0 Å². The van der Waals surface area contributed by atoms with Crippen LogP contribution in [0.4, 0.5) is 0 Å². The lowest BCUT2D eigenvalue weighted by Crippen LogP contribution is -2.05. The third-order valence-electron chi connectivity index (χ3n) is 2.58. The molecule has 0 aliphatic carbocycles. The minimum absolute atomic E-state index is 0.458. The normalized spacial score (nSPS) is 11.7. The maximum absolute atomic E-state index is 5.63. The Bertz CT molecular complexity index is 271. The first-order valence-electron chi connectivity index (χ1n) is 6.20. The highest BCUT2D eigenvalue weighted by Gasteiger charge is 2.08. The number of rotatable bonds is 6. The van der Waals surface area contributed by atoms with Crippen molar-refractivity contribution in [1.82, 2.24) is 0 Å². The van der Waals surface area contributed by atoms with Crippen LogP contribution in [0.2, 0.25) is 0 Å². The van der Waals surface area contributed by atoms with Gasteiger partial charge in [-0.1, -0.05) is 57.5 Å². The first kappa shape index (κ1) is 13.2. The van der Waals surface area contributed by atoms with E-state index >= 15 is 0 Å². The van der Waals surface area contributed by atoms with Gasteiger partial charge in [0.1, 0.15) is 0 Å². The summed E-state index contributed by atoms with van der Waals surface area (Å²) >= 11 is 0. The maximum atomic E-state index is 5.63. The summed E-state index contributed by atoms with van der Waals surface area (Å²) in [6.45, 7) is 8.49. The molecule has 0 saturated carbocycles. The molecule has 16 heavy (non-hydrogen) atoms. The molecule has 0 unspecified atom stereocenters. The highest BCUT2D eigenvalue weighted by atomic mass is 16.5. The summed E-state index contributed by atoms with van der Waals surface area (Å²) in [5.74, 6) is 0. The standard InChI is InChI=1S/C15H24O/c1-15(2,3)11-7-8-12-16-13-14-9-5-4-6-10-14/h4-6,9-10H,7-8,11-13H2,1-3H3. The lowest BCUT2D eigenvalue weighted by atomic mass is 9.90. The van der Waals surface area contributed by atoms with E-state index in [1.165, 1.54) is 24.8 Å². The highest BCUT2D eigenvalue weighted by molar-refractivity contribution is 5.13. The Kier molecular flexibility index (Phi) is 5.54. The molecule has 0 fully saturated rings. The molecule has 1 heteroatoms. The minimum atomic E-state index is 0.458. The van der Waals surface area contributed by atoms with Crippen LogP contribution in [0, 0.1) is 5.41 Å². The molecule has 1 aromatic carbocycles. The largest absolute Gasteiger partial charge is 0.377 e. The topological polar surface area (TPSA) is 9.23 Å². The summed E-state index contributed by atoms with van der Waals surface area (Å²) in [5, 5.41) is 0. The van der Waals surface area contributed by atoms with E-state index in [4.69, 9.17) is 4.74 Å². The second-order valence-electron chi connectivity index (χ2n) is 5.56. The Morgan fingerprint density at radius 1 is 1.00 bits per heavy atom. The molecule has 1 rings (SSSR count). The van der Waals surface area contributed by atoms with Crippen LogP contribution in [0.1, 0.15) is 45.6 Å². The quantitative estimate of drug-likeness (QED) is 0.645. The Morgan fingerprint density at radius 2 is 1.69 bits per heavy atom. The van der Waals surface area contributed by atoms with Crippen LogP contribution >= 0.6 is 0 Å². The van der Waals surface area contributed by atoms with Gasteiger partial charge in [-0.3, -0.25) is 0 Å². The molecule has 90 valence electrons. The molecule has 0 heterocycles. The second-order valence-corrected chi connectivity index (χ2v) is 5.56. The average Bonchev–Trinajstić information content (AvgIpc) is 2.23. The summed E-state index contributed by atoms with van der Waals surface area (Å²) < 4.78 is 5.63. The van der Waals surface area contributed by atoms with Gasteiger partial charge in [0.15, 0.2) is 0 Å². The molecule has 1 aromatic rings. The van der Waals surface area contributed by atoms with E-state index in [-0.39, 0.29) is 0 Å². The third-order valence-corrected chi connectivity index (χ3v) is 2.58. The number of hydrogen-bond donors (Lipinski definition) is 0. The Labute approximate surface area is 99.8 Å². The predicted molar refractivity (Wildman–Crippen MR) is 69.4 cm³/mol. The Balaban J connectivity index is 2.01. The van der Waals surface area contributed by atoms with Crippen LogP contribution in [0.5, 0.6) is 0 Å². The Hall–Kier alpha value is -0.820. The summed E-state index contributed by atoms with van der Waals surface area (Å²) in [7, 11) is 0. The number of ether oxygens (including phenoxy) is 1. The molecule has 0 saturated heterocycles. The van der Waals surface area contributed by atoms with Gasteiger partial charge in [0, 0.05) is 6.61 Å². The van der Waals surface area contributed by atoms with Crippen molar-refractivity contribution in [2.75, 3.05) is 6.61 Å². The van der Waals surface area contributed by atoms with E-state index in [1.54, 1.807) is 0 Å². The van der Waals surface area contributed by atoms with Gasteiger partial charge in [0.2, 0.25) is 0 Å². The SMILES string of the molecule is CC(C)(C)CCCCOCc1ccccc1. The van der Waals surface area contributed by atoms with Crippen molar-refractivity contribution in [2.45, 2.75) is 46.6 Å². The van der Waals surface area contributed by atoms with Crippen LogP contribution in [0.25, 0.3) is 0 Å². The van der Waals surface area contributed by atoms with E-state index in [9.17, 15) is 0 Å². The number of hydrogen-bond acceptors (Lipinski definition) is 1. The van der Waals surface area contributed by atoms with Gasteiger partial charge in [0.05, 0.1) is 6.61 Å². The van der Waals surface area contributed by atoms with Crippen molar-refractivity contribution in [2.24, 2.45) is 5.41 Å². The van der Waals surface area contributed by atoms with E-state index in [1.807, 2.05) is 6.07 Å². The summed E-state index contributed by atoms with van der Waals surface area (Å²) in [5.41, 5.74) is 1.72. The summed E-state index contributed by atoms with van der Waals surface area (Å²) in [6.07, 6.45) is 3.71. The molecule has 0 bridgehead atoms. The summed E-state index contributed by atoms with van der Waals surface area (Å²) in [6, 6.07) is 10.4. The maximum Gasteiger partial charge on any atom is 0.0716 e. The average molecular weight is 220 g/mol. The van der Waals surface area contributed by atoms with E-state index < -0.39 is 0 Å². The lowest BCUT2D eigenvalue weighted by Gasteiger charge is -2.17. The molecule has 0 spiro atoms. The number of benzene rings is 1. The predicted octanol–water partition coefficient (Wildman–Crippen LogP) is 4.42. The fourth-order valence-electron chi connectivity index (χ4n) is 1.62. The first-order valence-corrected chi connectivity index (χ1v) is 6.20. The summed E-state index contributed by atoms with van der Waals surface area (Å²) in [4.78, 5) is 0. The lowest BCUT2D eigenvalue weighted by molar-refractivity contribution is 0.114. The van der Waals surface area contributed by atoms with E-state index in [0.717, 1.165) is 13.2 Å². The zero-order chi connectivity index (χ0) is 11.9. The van der Waals surface area contributed by atoms with Crippen LogP contribution in [0.3, 0.4) is 0 Å². The second kappa shape index (κ2) is 6.70. The van der Waals surface area contributed by atoms with Gasteiger partial charge < -0.3 is 4.74 Å². The smallest absolute Gasteiger partial charge is 0.0716 e. The van der Waals surface area contributed by atoms with Gasteiger partial charge in [-0.25, -0.2) is 0 Å². The van der Waals surface area contributed by atoms with Crippen molar-refractivity contribution in [3.8, 4) is 0 Å². The van der Waals surface area contributed by atoms with Gasteiger partial charge in [-0.15, -0.1) is 0 Å². The Morgan fingerprint density at radius 3 is 2.31 bits per heavy atom. The van der Waals surface area contributed by atoms with Crippen molar-refractivity contribution in [1.29, 1.82) is 0 Å². The fourth-order valence-corrected chi connectivity index (χ4v) is 1.62. The zero-order valence-corrected chi connectivity index (χ0v) is 10.8. The van der Waals surface area contributed by atoms with Crippen LogP contribution in [-0.4, -0.2) is 6.61 Å². The molecular formula is C15H24O. The molecule has 0 aliphatic rings. The molecule has 0 aliphatic heterocycles. The van der Waals surface area contributed by atoms with Gasteiger partial charge in [0.25, 0.3) is 0 Å². The molecule has 0 N–H and O–H groups in total. The van der Waals surface area contributed by atoms with Crippen LogP contribution < -0.4 is 0 Å². The monoisotopic (exact) mass is 220 g/mol. The minimum Gasteiger partial charge on any atom is -0.377 e. The fraction of sp³-hybridized carbons (Fsp3) is 0.600. The van der Waals surface area contributed by atoms with Crippen LogP contribution in [0.15, 0.2) is 30.3 Å². The van der Waals surface area contributed by atoms with E-state index in [0.29, 0.717) is 5.41 Å². The van der Waals surface area contributed by atoms with Gasteiger partial charge in [-0.05, 0) is 23.8 Å². The third kappa shape index (κ3) is 6.62. The zero-order valence-electron chi connectivity index (χ0n) is 10.8. The first-order chi connectivity index (χ1) is 7.58. The molecular weight excluding hydrogens is 196 g/mol. The highest BCUT2D eigenvalue weighted by Crippen LogP contribution is 2.21. The molecule has 0 atom stereocenters.